The second-order valence-corrected chi connectivity index (χ2v) is 9.62. The summed E-state index contributed by atoms with van der Waals surface area (Å²) in [5.74, 6) is -0.682. The van der Waals surface area contributed by atoms with E-state index in [0.29, 0.717) is 5.52 Å². The van der Waals surface area contributed by atoms with E-state index in [0.717, 1.165) is 23.2 Å². The molecular weight excluding hydrogens is 504 g/mol. The summed E-state index contributed by atoms with van der Waals surface area (Å²) in [5.41, 5.74) is 6.00. The molecule has 0 saturated carbocycles. The Morgan fingerprint density at radius 2 is 1.63 bits per heavy atom. The molecule has 180 valence electrons. The van der Waals surface area contributed by atoms with Gasteiger partial charge in [-0.25, -0.2) is 8.42 Å². The quantitative estimate of drug-likeness (QED) is 0.228. The Bertz CT molecular complexity index is 1630. The summed E-state index contributed by atoms with van der Waals surface area (Å²) in [5, 5.41) is 30.7. The molecule has 4 aromatic rings. The van der Waals surface area contributed by atoms with Crippen LogP contribution in [0.5, 0.6) is 0 Å². The Morgan fingerprint density at radius 3 is 2.17 bits per heavy atom. The van der Waals surface area contributed by atoms with Crippen LogP contribution in [0.4, 0.5) is 11.4 Å². The molecule has 0 atom stereocenters. The van der Waals surface area contributed by atoms with Gasteiger partial charge in [-0.3, -0.25) is 25.0 Å². The Balaban J connectivity index is 0.000000203. The van der Waals surface area contributed by atoms with Gasteiger partial charge in [0.25, 0.3) is 20.4 Å². The maximum absolute atomic E-state index is 11.5. The Kier molecular flexibility index (Phi) is 7.04. The predicted octanol–water partition coefficient (Wildman–Crippen LogP) is 3.04. The molecule has 0 bridgehead atoms. The highest BCUT2D eigenvalue weighted by molar-refractivity contribution is 8.14. The minimum Gasteiger partial charge on any atom is -0.368 e. The third-order valence-corrected chi connectivity index (χ3v) is 6.18. The Hall–Kier alpha value is -4.48. The van der Waals surface area contributed by atoms with E-state index in [1.807, 2.05) is 6.07 Å². The summed E-state index contributed by atoms with van der Waals surface area (Å²) in [7, 11) is 1.18. The van der Waals surface area contributed by atoms with Crippen molar-refractivity contribution in [2.45, 2.75) is 18.0 Å². The molecule has 0 unspecified atom stereocenters. The van der Waals surface area contributed by atoms with Crippen molar-refractivity contribution in [3.63, 3.8) is 0 Å². The summed E-state index contributed by atoms with van der Waals surface area (Å²) >= 11 is 0. The number of aromatic nitrogens is 2. The zero-order valence-electron chi connectivity index (χ0n) is 17.6. The zero-order chi connectivity index (χ0) is 25.9. The summed E-state index contributed by atoms with van der Waals surface area (Å²) in [6.07, 6.45) is 2.87. The van der Waals surface area contributed by atoms with Gasteiger partial charge in [0.15, 0.2) is 0 Å². The summed E-state index contributed by atoms with van der Waals surface area (Å²) in [6, 6.07) is 12.0. The van der Waals surface area contributed by atoms with E-state index in [-0.39, 0.29) is 34.7 Å². The van der Waals surface area contributed by atoms with Crippen LogP contribution < -0.4 is 5.73 Å². The van der Waals surface area contributed by atoms with Gasteiger partial charge in [0.2, 0.25) is 5.91 Å². The fraction of sp³-hybridized carbons (Fsp3) is 0.100. The molecule has 0 radical (unpaired) electrons. The third kappa shape index (κ3) is 5.54. The first-order valence-electron chi connectivity index (χ1n) is 9.53. The number of carbonyl (C=O) groups is 1. The number of amides is 1. The average molecular weight is 519 g/mol. The van der Waals surface area contributed by atoms with Crippen LogP contribution in [0.1, 0.15) is 0 Å². The highest BCUT2D eigenvalue weighted by atomic mass is 35.7. The van der Waals surface area contributed by atoms with Crippen LogP contribution in [0.3, 0.4) is 0 Å². The van der Waals surface area contributed by atoms with E-state index in [2.05, 4.69) is 0 Å². The molecule has 0 spiro atoms. The number of nitro groups is 2. The van der Waals surface area contributed by atoms with E-state index in [4.69, 9.17) is 21.7 Å². The van der Waals surface area contributed by atoms with Crippen LogP contribution in [0, 0.1) is 31.6 Å². The van der Waals surface area contributed by atoms with Gasteiger partial charge >= 0.3 is 0 Å². The zero-order valence-corrected chi connectivity index (χ0v) is 19.1. The monoisotopic (exact) mass is 518 g/mol. The predicted molar refractivity (Wildman–Crippen MR) is 125 cm³/mol. The topological polar surface area (TPSA) is 197 Å². The number of hydrogen-bond acceptors (Lipinski definition) is 8. The molecule has 2 N–H and O–H groups in total. The summed E-state index contributed by atoms with van der Waals surface area (Å²) < 4.78 is 26.0. The van der Waals surface area contributed by atoms with Gasteiger partial charge in [0.05, 0.1) is 21.4 Å². The molecule has 13 nitrogen and oxygen atoms in total. The standard InChI is InChI=1S/C10H8ClN3O5S.C10H7N3O2/c11-20(18,19)9-4-13(5-10(12)15)8-2-1-6(14(16)17)3-7(8)9;11-4-6-12-5-3-8-7-9(13(14)15)1-2-10(8)12/h1-4H,5H2,(H2,12,15);1-3,5,7H,6H2. The number of benzene rings is 2. The first-order chi connectivity index (χ1) is 16.4. The van der Waals surface area contributed by atoms with Crippen molar-refractivity contribution in [1.82, 2.24) is 9.13 Å². The van der Waals surface area contributed by atoms with Crippen molar-refractivity contribution < 1.29 is 23.1 Å². The van der Waals surface area contributed by atoms with Crippen molar-refractivity contribution in [3.8, 4) is 6.07 Å². The molecule has 0 saturated heterocycles. The van der Waals surface area contributed by atoms with Crippen LogP contribution in [-0.2, 0) is 26.9 Å². The van der Waals surface area contributed by atoms with Gasteiger partial charge in [0.1, 0.15) is 18.0 Å². The first kappa shape index (κ1) is 25.1. The average Bonchev–Trinajstić information content (AvgIpc) is 3.35. The normalized spacial score (nSPS) is 11.0. The number of hydrogen-bond donors (Lipinski definition) is 1. The van der Waals surface area contributed by atoms with Crippen LogP contribution >= 0.6 is 10.7 Å². The van der Waals surface area contributed by atoms with E-state index < -0.39 is 24.8 Å². The van der Waals surface area contributed by atoms with E-state index in [1.165, 1.54) is 28.8 Å². The number of fused-ring (bicyclic) bond motifs is 2. The number of non-ortho nitro benzene ring substituents is 2. The second-order valence-electron chi connectivity index (χ2n) is 7.09. The van der Waals surface area contributed by atoms with E-state index in [9.17, 15) is 33.4 Å². The van der Waals surface area contributed by atoms with Gasteiger partial charge < -0.3 is 14.9 Å². The minimum absolute atomic E-state index is 0.0652. The number of carbonyl (C=O) groups excluding carboxylic acids is 1. The molecule has 1 amide bonds. The van der Waals surface area contributed by atoms with Crippen molar-refractivity contribution >= 4 is 58.8 Å². The van der Waals surface area contributed by atoms with E-state index in [1.54, 1.807) is 22.9 Å². The third-order valence-electron chi connectivity index (χ3n) is 4.83. The van der Waals surface area contributed by atoms with Crippen LogP contribution in [0.2, 0.25) is 0 Å². The van der Waals surface area contributed by atoms with Gasteiger partial charge in [0, 0.05) is 63.6 Å². The van der Waals surface area contributed by atoms with Crippen LogP contribution in [-0.4, -0.2) is 33.3 Å². The Labute approximate surface area is 201 Å². The smallest absolute Gasteiger partial charge is 0.270 e. The number of halogens is 1. The maximum atomic E-state index is 11.5. The SMILES string of the molecule is N#CCn1ccc2cc([N+](=O)[O-])ccc21.NC(=O)Cn1cc(S(=O)(=O)Cl)c2cc([N+](=O)[O-])ccc21. The minimum atomic E-state index is -4.11. The van der Waals surface area contributed by atoms with Gasteiger partial charge in [-0.15, -0.1) is 0 Å². The molecule has 2 aromatic heterocycles. The van der Waals surface area contributed by atoms with Crippen molar-refractivity contribution in [2.24, 2.45) is 5.73 Å². The lowest BCUT2D eigenvalue weighted by atomic mass is 10.2. The highest BCUT2D eigenvalue weighted by Gasteiger charge is 2.21. The fourth-order valence-corrected chi connectivity index (χ4v) is 4.42. The lowest BCUT2D eigenvalue weighted by molar-refractivity contribution is -0.384. The summed E-state index contributed by atoms with van der Waals surface area (Å²) in [6.45, 7) is -0.0119. The van der Waals surface area contributed by atoms with Gasteiger partial charge in [-0.05, 0) is 18.2 Å². The molecule has 35 heavy (non-hydrogen) atoms. The number of nitro benzene ring substituents is 2. The first-order valence-corrected chi connectivity index (χ1v) is 11.8. The molecule has 0 aliphatic carbocycles. The fourth-order valence-electron chi connectivity index (χ4n) is 3.37. The molecule has 4 rings (SSSR count). The van der Waals surface area contributed by atoms with Crippen LogP contribution in [0.25, 0.3) is 21.8 Å². The number of rotatable bonds is 6. The molecular formula is C20H15ClN6O7S. The van der Waals surface area contributed by atoms with Crippen molar-refractivity contribution in [1.29, 1.82) is 5.26 Å². The lowest BCUT2D eigenvalue weighted by Crippen LogP contribution is -2.17. The largest absolute Gasteiger partial charge is 0.368 e. The van der Waals surface area contributed by atoms with E-state index >= 15 is 0 Å². The number of nitrogens with zero attached hydrogens (tertiary/aromatic N) is 5. The second kappa shape index (κ2) is 9.79. The lowest BCUT2D eigenvalue weighted by Gasteiger charge is -2.00. The van der Waals surface area contributed by atoms with Gasteiger partial charge in [-0.1, -0.05) is 0 Å². The van der Waals surface area contributed by atoms with Crippen LogP contribution in [0.15, 0.2) is 59.8 Å². The maximum Gasteiger partial charge on any atom is 0.270 e. The Morgan fingerprint density at radius 1 is 1.03 bits per heavy atom. The van der Waals surface area contributed by atoms with Gasteiger partial charge in [-0.2, -0.15) is 5.26 Å². The molecule has 15 heteroatoms. The number of primary amides is 1. The molecule has 0 aliphatic heterocycles. The highest BCUT2D eigenvalue weighted by Crippen LogP contribution is 2.31. The van der Waals surface area contributed by atoms with Crippen molar-refractivity contribution in [3.05, 3.63) is 75.1 Å². The number of nitriles is 1. The molecule has 2 heterocycles. The molecule has 0 aliphatic rings. The summed E-state index contributed by atoms with van der Waals surface area (Å²) in [4.78, 5) is 30.8. The molecule has 2 aromatic carbocycles. The molecule has 0 fully saturated rings. The van der Waals surface area contributed by atoms with Crippen molar-refractivity contribution in [2.75, 3.05) is 0 Å². The number of nitrogens with two attached hydrogens (primary N) is 1.